The van der Waals surface area contributed by atoms with Crippen molar-refractivity contribution in [3.63, 3.8) is 0 Å². The first kappa shape index (κ1) is 13.1. The summed E-state index contributed by atoms with van der Waals surface area (Å²) in [5.74, 6) is 0. The highest BCUT2D eigenvalue weighted by Gasteiger charge is 2.12. The smallest absolute Gasteiger partial charge is 0.292 e. The standard InChI is InChI=1S/C13H15N3O3/c1-15(8-11-4-5-19-9-11)7-10-2-3-12(14)13(6-10)16(17)18/h2-6,9H,7-8,14H2,1H3. The lowest BCUT2D eigenvalue weighted by Gasteiger charge is -2.15. The second-order valence-corrected chi connectivity index (χ2v) is 4.45. The van der Waals surface area contributed by atoms with E-state index in [-0.39, 0.29) is 11.4 Å². The molecular formula is C13H15N3O3. The molecule has 100 valence electrons. The van der Waals surface area contributed by atoms with Crippen molar-refractivity contribution in [2.75, 3.05) is 12.8 Å². The van der Waals surface area contributed by atoms with Crippen molar-refractivity contribution in [1.82, 2.24) is 4.90 Å². The first-order chi connectivity index (χ1) is 9.06. The molecule has 0 fully saturated rings. The van der Waals surface area contributed by atoms with Crippen molar-refractivity contribution in [2.24, 2.45) is 0 Å². The van der Waals surface area contributed by atoms with Gasteiger partial charge in [-0.1, -0.05) is 6.07 Å². The average molecular weight is 261 g/mol. The summed E-state index contributed by atoms with van der Waals surface area (Å²) in [6.07, 6.45) is 3.30. The van der Waals surface area contributed by atoms with Gasteiger partial charge in [-0.25, -0.2) is 0 Å². The highest BCUT2D eigenvalue weighted by molar-refractivity contribution is 5.59. The normalized spacial score (nSPS) is 10.8. The van der Waals surface area contributed by atoms with Gasteiger partial charge in [-0.15, -0.1) is 0 Å². The largest absolute Gasteiger partial charge is 0.472 e. The predicted molar refractivity (Wildman–Crippen MR) is 71.4 cm³/mol. The molecule has 0 aliphatic rings. The molecule has 0 spiro atoms. The van der Waals surface area contributed by atoms with E-state index in [1.807, 2.05) is 18.0 Å². The molecule has 0 unspecified atom stereocenters. The molecule has 0 bridgehead atoms. The van der Waals surface area contributed by atoms with E-state index < -0.39 is 4.92 Å². The number of nitrogens with two attached hydrogens (primary N) is 1. The third kappa shape index (κ3) is 3.32. The Morgan fingerprint density at radius 1 is 1.32 bits per heavy atom. The molecule has 6 nitrogen and oxygen atoms in total. The van der Waals surface area contributed by atoms with E-state index in [1.165, 1.54) is 6.07 Å². The van der Waals surface area contributed by atoms with Crippen molar-refractivity contribution in [3.8, 4) is 0 Å². The Hall–Kier alpha value is -2.34. The van der Waals surface area contributed by atoms with Crippen LogP contribution in [0.2, 0.25) is 0 Å². The summed E-state index contributed by atoms with van der Waals surface area (Å²) in [4.78, 5) is 12.4. The van der Waals surface area contributed by atoms with Gasteiger partial charge in [0.1, 0.15) is 5.69 Å². The third-order valence-corrected chi connectivity index (χ3v) is 2.78. The van der Waals surface area contributed by atoms with Crippen LogP contribution in [0.15, 0.2) is 41.2 Å². The first-order valence-corrected chi connectivity index (χ1v) is 5.78. The molecule has 6 heteroatoms. The maximum atomic E-state index is 10.8. The van der Waals surface area contributed by atoms with Crippen LogP contribution in [0.4, 0.5) is 11.4 Å². The van der Waals surface area contributed by atoms with Crippen LogP contribution >= 0.6 is 0 Å². The van der Waals surface area contributed by atoms with Crippen LogP contribution in [0.5, 0.6) is 0 Å². The van der Waals surface area contributed by atoms with Gasteiger partial charge < -0.3 is 10.2 Å². The number of anilines is 1. The number of nitrogen functional groups attached to an aromatic ring is 1. The predicted octanol–water partition coefficient (Wildman–Crippen LogP) is 2.40. The second kappa shape index (κ2) is 5.53. The molecule has 0 aliphatic carbocycles. The molecule has 1 aromatic carbocycles. The number of hydrogen-bond acceptors (Lipinski definition) is 5. The minimum absolute atomic E-state index is 0.0470. The summed E-state index contributed by atoms with van der Waals surface area (Å²) < 4.78 is 5.00. The Labute approximate surface area is 110 Å². The zero-order valence-electron chi connectivity index (χ0n) is 10.6. The molecule has 0 saturated carbocycles. The van der Waals surface area contributed by atoms with Gasteiger partial charge in [0, 0.05) is 24.7 Å². The van der Waals surface area contributed by atoms with E-state index in [1.54, 1.807) is 24.7 Å². The highest BCUT2D eigenvalue weighted by atomic mass is 16.6. The molecule has 2 aromatic rings. The topological polar surface area (TPSA) is 85.5 Å². The molecular weight excluding hydrogens is 246 g/mol. The van der Waals surface area contributed by atoms with Crippen molar-refractivity contribution in [2.45, 2.75) is 13.1 Å². The van der Waals surface area contributed by atoms with Gasteiger partial charge in [-0.05, 0) is 24.7 Å². The second-order valence-electron chi connectivity index (χ2n) is 4.45. The van der Waals surface area contributed by atoms with Gasteiger partial charge in [0.25, 0.3) is 5.69 Å². The number of nitro benzene ring substituents is 1. The Morgan fingerprint density at radius 3 is 2.68 bits per heavy atom. The van der Waals surface area contributed by atoms with Crippen LogP contribution < -0.4 is 5.73 Å². The summed E-state index contributed by atoms with van der Waals surface area (Å²) in [7, 11) is 1.94. The van der Waals surface area contributed by atoms with Gasteiger partial charge >= 0.3 is 0 Å². The Balaban J connectivity index is 2.06. The van der Waals surface area contributed by atoms with Gasteiger partial charge in [0.15, 0.2) is 0 Å². The van der Waals surface area contributed by atoms with Crippen molar-refractivity contribution >= 4 is 11.4 Å². The molecule has 2 rings (SSSR count). The summed E-state index contributed by atoms with van der Waals surface area (Å²) in [6, 6.07) is 6.77. The van der Waals surface area contributed by atoms with Crippen molar-refractivity contribution in [3.05, 3.63) is 58.0 Å². The molecule has 0 amide bonds. The zero-order valence-corrected chi connectivity index (χ0v) is 10.6. The highest BCUT2D eigenvalue weighted by Crippen LogP contribution is 2.23. The molecule has 1 heterocycles. The Kier molecular flexibility index (Phi) is 3.82. The van der Waals surface area contributed by atoms with E-state index in [9.17, 15) is 10.1 Å². The lowest BCUT2D eigenvalue weighted by molar-refractivity contribution is -0.384. The van der Waals surface area contributed by atoms with Crippen LogP contribution in [0, 0.1) is 10.1 Å². The number of benzene rings is 1. The fourth-order valence-electron chi connectivity index (χ4n) is 1.91. The molecule has 2 N–H and O–H groups in total. The molecule has 0 aliphatic heterocycles. The van der Waals surface area contributed by atoms with Crippen LogP contribution in [0.25, 0.3) is 0 Å². The van der Waals surface area contributed by atoms with Gasteiger partial charge in [0.05, 0.1) is 17.4 Å². The molecule has 0 radical (unpaired) electrons. The van der Waals surface area contributed by atoms with Gasteiger partial charge in [-0.2, -0.15) is 0 Å². The maximum Gasteiger partial charge on any atom is 0.292 e. The van der Waals surface area contributed by atoms with Crippen molar-refractivity contribution < 1.29 is 9.34 Å². The van der Waals surface area contributed by atoms with Gasteiger partial charge in [-0.3, -0.25) is 15.0 Å². The molecule has 0 saturated heterocycles. The molecule has 1 aromatic heterocycles. The lowest BCUT2D eigenvalue weighted by atomic mass is 10.1. The summed E-state index contributed by atoms with van der Waals surface area (Å²) >= 11 is 0. The van der Waals surface area contributed by atoms with Crippen LogP contribution in [-0.4, -0.2) is 16.9 Å². The summed E-state index contributed by atoms with van der Waals surface area (Å²) in [5.41, 5.74) is 7.62. The Morgan fingerprint density at radius 2 is 2.05 bits per heavy atom. The quantitative estimate of drug-likeness (QED) is 0.507. The van der Waals surface area contributed by atoms with Crippen LogP contribution in [-0.2, 0) is 13.1 Å². The maximum absolute atomic E-state index is 10.8. The van der Waals surface area contributed by atoms with E-state index in [4.69, 9.17) is 10.2 Å². The summed E-state index contributed by atoms with van der Waals surface area (Å²) in [6.45, 7) is 1.32. The SMILES string of the molecule is CN(Cc1ccoc1)Cc1ccc(N)c([N+](=O)[O-])c1. The first-order valence-electron chi connectivity index (χ1n) is 5.78. The fraction of sp³-hybridized carbons (Fsp3) is 0.231. The van der Waals surface area contributed by atoms with E-state index >= 15 is 0 Å². The number of furan rings is 1. The minimum atomic E-state index is -0.463. The fourth-order valence-corrected chi connectivity index (χ4v) is 1.91. The lowest BCUT2D eigenvalue weighted by Crippen LogP contribution is -2.17. The number of rotatable bonds is 5. The third-order valence-electron chi connectivity index (χ3n) is 2.78. The van der Waals surface area contributed by atoms with E-state index in [0.717, 1.165) is 11.1 Å². The van der Waals surface area contributed by atoms with Gasteiger partial charge in [0.2, 0.25) is 0 Å². The zero-order chi connectivity index (χ0) is 13.8. The average Bonchev–Trinajstić information content (AvgIpc) is 2.84. The molecule has 0 atom stereocenters. The monoisotopic (exact) mass is 261 g/mol. The van der Waals surface area contributed by atoms with E-state index in [0.29, 0.717) is 13.1 Å². The van der Waals surface area contributed by atoms with Crippen LogP contribution in [0.3, 0.4) is 0 Å². The summed E-state index contributed by atoms with van der Waals surface area (Å²) in [5, 5.41) is 10.8. The van der Waals surface area contributed by atoms with Crippen molar-refractivity contribution in [1.29, 1.82) is 0 Å². The Bertz CT molecular complexity index is 567. The molecule has 19 heavy (non-hydrogen) atoms. The number of hydrogen-bond donors (Lipinski definition) is 1. The minimum Gasteiger partial charge on any atom is -0.472 e. The van der Waals surface area contributed by atoms with E-state index in [2.05, 4.69) is 0 Å². The number of nitrogens with zero attached hydrogens (tertiary/aromatic N) is 2. The van der Waals surface area contributed by atoms with Crippen LogP contribution in [0.1, 0.15) is 11.1 Å². The number of nitro groups is 1.